The summed E-state index contributed by atoms with van der Waals surface area (Å²) in [6.45, 7) is 2.57. The van der Waals surface area contributed by atoms with Crippen molar-refractivity contribution in [2.75, 3.05) is 5.32 Å². The molecule has 3 aromatic carbocycles. The number of anilines is 1. The first kappa shape index (κ1) is 22.8. The second kappa shape index (κ2) is 10.5. The highest BCUT2D eigenvalue weighted by atomic mass is 79.9. The monoisotopic (exact) mass is 528 g/mol. The minimum atomic E-state index is -0.202. The molecule has 0 saturated carbocycles. The summed E-state index contributed by atoms with van der Waals surface area (Å²) in [5, 5.41) is 7.02. The minimum Gasteiger partial charge on any atom is -0.488 e. The van der Waals surface area contributed by atoms with Gasteiger partial charge in [-0.25, -0.2) is 0 Å². The smallest absolute Gasteiger partial charge is 0.260 e. The van der Waals surface area contributed by atoms with Crippen LogP contribution in [0.1, 0.15) is 23.6 Å². The number of halogens is 2. The average Bonchev–Trinajstić information content (AvgIpc) is 3.13. The maximum atomic E-state index is 12.4. The number of carbonyl (C=O) groups is 1. The van der Waals surface area contributed by atoms with E-state index in [4.69, 9.17) is 16.3 Å². The van der Waals surface area contributed by atoms with Crippen molar-refractivity contribution >= 4 is 57.0 Å². The molecule has 1 saturated heterocycles. The molecule has 1 aliphatic heterocycles. The maximum Gasteiger partial charge on any atom is 0.260 e. The Balaban J connectivity index is 1.38. The van der Waals surface area contributed by atoms with Gasteiger partial charge in [0, 0.05) is 10.7 Å². The van der Waals surface area contributed by atoms with Crippen molar-refractivity contribution in [1.29, 1.82) is 0 Å². The predicted molar refractivity (Wildman–Crippen MR) is 137 cm³/mol. The largest absolute Gasteiger partial charge is 0.488 e. The van der Waals surface area contributed by atoms with Crippen LogP contribution >= 0.6 is 39.3 Å². The Morgan fingerprint density at radius 1 is 1.09 bits per heavy atom. The zero-order valence-corrected chi connectivity index (χ0v) is 20.6. The van der Waals surface area contributed by atoms with Crippen molar-refractivity contribution in [1.82, 2.24) is 5.32 Å². The zero-order valence-electron chi connectivity index (χ0n) is 17.4. The van der Waals surface area contributed by atoms with E-state index in [0.29, 0.717) is 16.5 Å². The lowest BCUT2D eigenvalue weighted by atomic mass is 10.1. The van der Waals surface area contributed by atoms with Gasteiger partial charge in [-0.2, -0.15) is 0 Å². The molecule has 3 aromatic rings. The summed E-state index contributed by atoms with van der Waals surface area (Å²) in [5.41, 5.74) is 4.01. The molecule has 0 radical (unpaired) electrons. The van der Waals surface area contributed by atoms with Crippen molar-refractivity contribution in [2.45, 2.75) is 25.4 Å². The summed E-state index contributed by atoms with van der Waals surface area (Å²) in [7, 11) is 0. The molecule has 1 heterocycles. The molecule has 1 amide bonds. The van der Waals surface area contributed by atoms with Gasteiger partial charge in [0.1, 0.15) is 12.4 Å². The van der Waals surface area contributed by atoms with E-state index in [9.17, 15) is 4.79 Å². The van der Waals surface area contributed by atoms with Crippen molar-refractivity contribution in [3.63, 3.8) is 0 Å². The third kappa shape index (κ3) is 5.88. The van der Waals surface area contributed by atoms with Crippen LogP contribution in [0.5, 0.6) is 5.75 Å². The lowest BCUT2D eigenvalue weighted by molar-refractivity contribution is -0.116. The number of rotatable bonds is 7. The molecule has 4 rings (SSSR count). The van der Waals surface area contributed by atoms with Gasteiger partial charge in [0.05, 0.1) is 9.38 Å². The first-order chi connectivity index (χ1) is 15.5. The van der Waals surface area contributed by atoms with Gasteiger partial charge >= 0.3 is 0 Å². The van der Waals surface area contributed by atoms with E-state index in [1.54, 1.807) is 0 Å². The molecule has 1 aliphatic rings. The fraction of sp³-hybridized carbons (Fsp3) is 0.160. The van der Waals surface area contributed by atoms with Gasteiger partial charge < -0.3 is 15.4 Å². The van der Waals surface area contributed by atoms with Crippen LogP contribution in [0.25, 0.3) is 6.08 Å². The third-order valence-electron chi connectivity index (χ3n) is 4.95. The van der Waals surface area contributed by atoms with Crippen molar-refractivity contribution in [3.05, 3.63) is 97.8 Å². The summed E-state index contributed by atoms with van der Waals surface area (Å²) in [6.07, 6.45) is 2.89. The Morgan fingerprint density at radius 3 is 2.50 bits per heavy atom. The summed E-state index contributed by atoms with van der Waals surface area (Å²) in [5.74, 6) is 0.651. The van der Waals surface area contributed by atoms with Gasteiger partial charge in [-0.15, -0.1) is 0 Å². The lowest BCUT2D eigenvalue weighted by Gasteiger charge is -2.12. The van der Waals surface area contributed by atoms with Crippen LogP contribution in [0.4, 0.5) is 5.69 Å². The van der Waals surface area contributed by atoms with Gasteiger partial charge in [0.15, 0.2) is 5.50 Å². The number of aryl methyl sites for hydroxylation is 1. The summed E-state index contributed by atoms with van der Waals surface area (Å²) in [4.78, 5) is 13.1. The number of thioether (sulfide) groups is 1. The minimum absolute atomic E-state index is 0.0862. The molecule has 0 aliphatic carbocycles. The number of hydrogen-bond acceptors (Lipinski definition) is 4. The van der Waals surface area contributed by atoms with Gasteiger partial charge in [0.25, 0.3) is 5.91 Å². The predicted octanol–water partition coefficient (Wildman–Crippen LogP) is 6.84. The van der Waals surface area contributed by atoms with E-state index < -0.39 is 0 Å². The Kier molecular flexibility index (Phi) is 7.45. The van der Waals surface area contributed by atoms with E-state index in [-0.39, 0.29) is 11.4 Å². The quantitative estimate of drug-likeness (QED) is 0.329. The normalized spacial score (nSPS) is 16.8. The van der Waals surface area contributed by atoms with Crippen molar-refractivity contribution in [2.24, 2.45) is 0 Å². The van der Waals surface area contributed by atoms with Gasteiger partial charge in [-0.1, -0.05) is 60.6 Å². The molecule has 0 unspecified atom stereocenters. The second-order valence-electron chi connectivity index (χ2n) is 7.28. The third-order valence-corrected chi connectivity index (χ3v) is 6.85. The van der Waals surface area contributed by atoms with Gasteiger partial charge in [-0.05, 0) is 81.5 Å². The van der Waals surface area contributed by atoms with Crippen LogP contribution in [0.15, 0.2) is 76.1 Å². The summed E-state index contributed by atoms with van der Waals surface area (Å²) in [6, 6.07) is 21.6. The van der Waals surface area contributed by atoms with Crippen molar-refractivity contribution < 1.29 is 9.53 Å². The molecule has 1 atom stereocenters. The Hall–Kier alpha value is -2.41. The summed E-state index contributed by atoms with van der Waals surface area (Å²) < 4.78 is 6.73. The molecule has 2 N–H and O–H groups in total. The SMILES string of the molecule is CCc1ccc(N[C@H]2NC(=O)/C(=C/c3ccc(OCc4ccc(Cl)cc4)c(Br)c3)S2)cc1. The topological polar surface area (TPSA) is 50.4 Å². The van der Waals surface area contributed by atoms with Crippen LogP contribution in [0.3, 0.4) is 0 Å². The fourth-order valence-electron chi connectivity index (χ4n) is 3.17. The molecular formula is C25H22BrClN2O2S. The van der Waals surface area contributed by atoms with Crippen molar-refractivity contribution in [3.8, 4) is 5.75 Å². The van der Waals surface area contributed by atoms with Gasteiger partial charge in [-0.3, -0.25) is 4.79 Å². The van der Waals surface area contributed by atoms with E-state index in [1.165, 1.54) is 17.3 Å². The number of hydrogen-bond donors (Lipinski definition) is 2. The number of benzene rings is 3. The molecule has 0 bridgehead atoms. The Labute approximate surface area is 205 Å². The van der Waals surface area contributed by atoms with Crippen LogP contribution in [0, 0.1) is 0 Å². The first-order valence-electron chi connectivity index (χ1n) is 10.2. The number of amides is 1. The highest BCUT2D eigenvalue weighted by Crippen LogP contribution is 2.32. The lowest BCUT2D eigenvalue weighted by Crippen LogP contribution is -2.30. The van der Waals surface area contributed by atoms with Crippen LogP contribution in [-0.4, -0.2) is 11.4 Å². The molecular weight excluding hydrogens is 508 g/mol. The van der Waals surface area contributed by atoms with E-state index in [2.05, 4.69) is 45.6 Å². The second-order valence-corrected chi connectivity index (χ2v) is 9.72. The summed E-state index contributed by atoms with van der Waals surface area (Å²) >= 11 is 11.0. The molecule has 1 fully saturated rings. The molecule has 4 nitrogen and oxygen atoms in total. The van der Waals surface area contributed by atoms with E-state index in [0.717, 1.165) is 33.5 Å². The van der Waals surface area contributed by atoms with Crippen LogP contribution < -0.4 is 15.4 Å². The zero-order chi connectivity index (χ0) is 22.5. The van der Waals surface area contributed by atoms with Crippen LogP contribution in [0.2, 0.25) is 5.02 Å². The average molecular weight is 530 g/mol. The van der Waals surface area contributed by atoms with Gasteiger partial charge in [0.2, 0.25) is 0 Å². The molecule has 164 valence electrons. The number of ether oxygens (including phenoxy) is 1. The molecule has 0 aromatic heterocycles. The van der Waals surface area contributed by atoms with E-state index >= 15 is 0 Å². The number of nitrogens with one attached hydrogen (secondary N) is 2. The highest BCUT2D eigenvalue weighted by Gasteiger charge is 2.27. The highest BCUT2D eigenvalue weighted by molar-refractivity contribution is 9.10. The maximum absolute atomic E-state index is 12.4. The Morgan fingerprint density at radius 2 is 1.81 bits per heavy atom. The Bertz CT molecular complexity index is 1130. The van der Waals surface area contributed by atoms with Crippen LogP contribution in [-0.2, 0) is 17.8 Å². The fourth-order valence-corrected chi connectivity index (χ4v) is 4.79. The molecule has 32 heavy (non-hydrogen) atoms. The van der Waals surface area contributed by atoms with E-state index in [1.807, 2.05) is 60.7 Å². The molecule has 0 spiro atoms. The molecule has 7 heteroatoms. The number of carbonyl (C=O) groups excluding carboxylic acids is 1. The standard InChI is InChI=1S/C25H22BrClN2O2S/c1-2-16-5-10-20(11-6-16)28-25-29-24(30)23(32-25)14-18-7-12-22(21(26)13-18)31-15-17-3-8-19(27)9-4-17/h3-14,25,28H,2,15H2,1H3,(H,29,30)/b23-14-/t25-/m0/s1. The first-order valence-corrected chi connectivity index (χ1v) is 12.3.